The van der Waals surface area contributed by atoms with E-state index in [4.69, 9.17) is 5.73 Å². The van der Waals surface area contributed by atoms with Gasteiger partial charge in [0.25, 0.3) is 0 Å². The molecule has 2 fully saturated rings. The van der Waals surface area contributed by atoms with Gasteiger partial charge in [-0.2, -0.15) is 13.2 Å². The van der Waals surface area contributed by atoms with Crippen LogP contribution >= 0.6 is 0 Å². The summed E-state index contributed by atoms with van der Waals surface area (Å²) in [5.74, 6) is 0.157. The van der Waals surface area contributed by atoms with Crippen molar-refractivity contribution in [2.75, 3.05) is 18.4 Å². The number of anilines is 1. The molecule has 162 valence electrons. The maximum absolute atomic E-state index is 12.8. The van der Waals surface area contributed by atoms with Crippen molar-refractivity contribution in [2.24, 2.45) is 5.73 Å². The summed E-state index contributed by atoms with van der Waals surface area (Å²) in [6.07, 6.45) is -0.262. The topological polar surface area (TPSA) is 87.3 Å². The lowest BCUT2D eigenvalue weighted by atomic mass is 9.85. The molecule has 30 heavy (non-hydrogen) atoms. The van der Waals surface area contributed by atoms with Gasteiger partial charge >= 0.3 is 6.18 Å². The highest BCUT2D eigenvalue weighted by Crippen LogP contribution is 2.37. The van der Waals surface area contributed by atoms with Crippen LogP contribution in [-0.4, -0.2) is 51.4 Å². The van der Waals surface area contributed by atoms with Gasteiger partial charge in [0, 0.05) is 30.2 Å². The van der Waals surface area contributed by atoms with E-state index in [-0.39, 0.29) is 11.6 Å². The van der Waals surface area contributed by atoms with E-state index < -0.39 is 17.5 Å². The molecule has 4 rings (SSSR count). The third-order valence-corrected chi connectivity index (χ3v) is 6.04. The molecule has 1 aromatic heterocycles. The average molecular weight is 421 g/mol. The van der Waals surface area contributed by atoms with Crippen molar-refractivity contribution in [3.8, 4) is 17.0 Å². The Labute approximate surface area is 173 Å². The summed E-state index contributed by atoms with van der Waals surface area (Å²) in [4.78, 5) is 2.49. The number of hydrogen-bond acceptors (Lipinski definition) is 6. The van der Waals surface area contributed by atoms with Crippen LogP contribution in [0.15, 0.2) is 24.3 Å². The molecule has 1 aliphatic carbocycles. The Morgan fingerprint density at radius 3 is 2.60 bits per heavy atom. The third kappa shape index (κ3) is 4.37. The predicted octanol–water partition coefficient (Wildman–Crippen LogP) is 3.54. The van der Waals surface area contributed by atoms with Crippen molar-refractivity contribution in [3.63, 3.8) is 0 Å². The fourth-order valence-electron chi connectivity index (χ4n) is 4.32. The second kappa shape index (κ2) is 8.03. The lowest BCUT2D eigenvalue weighted by Gasteiger charge is -2.45. The second-order valence-electron chi connectivity index (χ2n) is 8.35. The number of benzene rings is 1. The number of likely N-dealkylation sites (tertiary alicyclic amines) is 1. The number of aromatic nitrogens is 2. The molecule has 6 nitrogen and oxygen atoms in total. The molecule has 1 saturated carbocycles. The van der Waals surface area contributed by atoms with Crippen molar-refractivity contribution < 1.29 is 18.3 Å². The van der Waals surface area contributed by atoms with Crippen LogP contribution in [0.2, 0.25) is 0 Å². The molecule has 4 N–H and O–H groups in total. The van der Waals surface area contributed by atoms with E-state index in [9.17, 15) is 18.3 Å². The van der Waals surface area contributed by atoms with Crippen molar-refractivity contribution in [1.29, 1.82) is 0 Å². The molecule has 0 amide bonds. The number of aryl methyl sites for hydroxylation is 1. The van der Waals surface area contributed by atoms with E-state index in [2.05, 4.69) is 20.4 Å². The van der Waals surface area contributed by atoms with Crippen molar-refractivity contribution in [3.05, 3.63) is 35.4 Å². The molecule has 0 bridgehead atoms. The number of alkyl halides is 3. The highest BCUT2D eigenvalue weighted by atomic mass is 19.4. The average Bonchev–Trinajstić information content (AvgIpc) is 2.65. The van der Waals surface area contributed by atoms with Gasteiger partial charge < -0.3 is 16.2 Å². The van der Waals surface area contributed by atoms with E-state index in [1.807, 2.05) is 6.07 Å². The molecule has 0 spiro atoms. The summed E-state index contributed by atoms with van der Waals surface area (Å²) in [5.41, 5.74) is 6.33. The van der Waals surface area contributed by atoms with Gasteiger partial charge in [-0.3, -0.25) is 4.90 Å². The van der Waals surface area contributed by atoms with Gasteiger partial charge in [-0.25, -0.2) is 0 Å². The highest BCUT2D eigenvalue weighted by molar-refractivity contribution is 5.70. The molecule has 1 atom stereocenters. The smallest absolute Gasteiger partial charge is 0.416 e. The maximum atomic E-state index is 12.8. The summed E-state index contributed by atoms with van der Waals surface area (Å²) < 4.78 is 38.5. The molecular weight excluding hydrogens is 395 g/mol. The molecule has 1 saturated heterocycles. The minimum absolute atomic E-state index is 0.227. The van der Waals surface area contributed by atoms with E-state index in [1.54, 1.807) is 6.92 Å². The van der Waals surface area contributed by atoms with Crippen molar-refractivity contribution in [1.82, 2.24) is 15.1 Å². The van der Waals surface area contributed by atoms with Crippen LogP contribution in [0.1, 0.15) is 36.8 Å². The first kappa shape index (κ1) is 20.9. The Morgan fingerprint density at radius 2 is 1.97 bits per heavy atom. The molecule has 2 aliphatic rings. The van der Waals surface area contributed by atoms with Crippen LogP contribution in [0.3, 0.4) is 0 Å². The van der Waals surface area contributed by atoms with Gasteiger partial charge in [-0.15, -0.1) is 10.2 Å². The minimum Gasteiger partial charge on any atom is -0.507 e. The first-order chi connectivity index (χ1) is 14.2. The van der Waals surface area contributed by atoms with E-state index in [1.165, 1.54) is 6.07 Å². The summed E-state index contributed by atoms with van der Waals surface area (Å²) >= 11 is 0. The SMILES string of the molecule is Cc1cc(N[C@@H]2CCCN(C3CC(N)C3)C2)nnc1-c1ccc(C(F)(F)F)cc1O. The lowest BCUT2D eigenvalue weighted by Crippen LogP contribution is -2.55. The van der Waals surface area contributed by atoms with Gasteiger partial charge in [0.05, 0.1) is 11.3 Å². The van der Waals surface area contributed by atoms with Crippen LogP contribution < -0.4 is 11.1 Å². The Bertz CT molecular complexity index is 914. The quantitative estimate of drug-likeness (QED) is 0.700. The van der Waals surface area contributed by atoms with E-state index in [0.29, 0.717) is 29.7 Å². The Hall–Kier alpha value is -2.39. The molecular formula is C21H26F3N5O. The standard InChI is InChI=1S/C21H26F3N5O/c1-12-7-19(26-15-3-2-6-29(11-15)16-9-14(25)10-16)27-28-20(12)17-5-4-13(8-18(17)30)21(22,23)24/h4-5,7-8,14-16,30H,2-3,6,9-11,25H2,1H3,(H,26,27)/t14?,15-,16?/m1/s1. The Balaban J connectivity index is 1.46. The molecule has 1 aromatic carbocycles. The third-order valence-electron chi connectivity index (χ3n) is 6.04. The van der Waals surface area contributed by atoms with Crippen LogP contribution in [0.25, 0.3) is 11.3 Å². The summed E-state index contributed by atoms with van der Waals surface area (Å²) in [6.45, 7) is 3.82. The largest absolute Gasteiger partial charge is 0.507 e. The Kier molecular flexibility index (Phi) is 5.59. The first-order valence-electron chi connectivity index (χ1n) is 10.2. The van der Waals surface area contributed by atoms with Gasteiger partial charge in [0.2, 0.25) is 0 Å². The number of nitrogens with two attached hydrogens (primary N) is 1. The minimum atomic E-state index is -4.51. The molecule has 0 radical (unpaired) electrons. The monoisotopic (exact) mass is 421 g/mol. The van der Waals surface area contributed by atoms with Crippen LogP contribution in [0, 0.1) is 6.92 Å². The molecule has 0 unspecified atom stereocenters. The van der Waals surface area contributed by atoms with Gasteiger partial charge in [0.1, 0.15) is 11.6 Å². The summed E-state index contributed by atoms with van der Waals surface area (Å²) in [7, 11) is 0. The number of nitrogens with zero attached hydrogens (tertiary/aromatic N) is 3. The summed E-state index contributed by atoms with van der Waals surface area (Å²) in [5, 5.41) is 21.9. The molecule has 9 heteroatoms. The fraction of sp³-hybridized carbons (Fsp3) is 0.524. The maximum Gasteiger partial charge on any atom is 0.416 e. The number of aromatic hydroxyl groups is 1. The second-order valence-corrected chi connectivity index (χ2v) is 8.35. The van der Waals surface area contributed by atoms with E-state index in [0.717, 1.165) is 50.4 Å². The molecule has 2 aromatic rings. The van der Waals surface area contributed by atoms with Crippen LogP contribution in [0.5, 0.6) is 5.75 Å². The zero-order valence-electron chi connectivity index (χ0n) is 16.8. The van der Waals surface area contributed by atoms with Crippen LogP contribution in [-0.2, 0) is 6.18 Å². The van der Waals surface area contributed by atoms with Gasteiger partial charge in [0.15, 0.2) is 0 Å². The molecule has 1 aliphatic heterocycles. The van der Waals surface area contributed by atoms with Crippen molar-refractivity contribution >= 4 is 5.82 Å². The number of phenolic OH excluding ortho intramolecular Hbond substituents is 1. The lowest BCUT2D eigenvalue weighted by molar-refractivity contribution is -0.137. The first-order valence-corrected chi connectivity index (χ1v) is 10.2. The van der Waals surface area contributed by atoms with Gasteiger partial charge in [-0.05, 0) is 69.0 Å². The van der Waals surface area contributed by atoms with Gasteiger partial charge in [-0.1, -0.05) is 0 Å². The zero-order valence-corrected chi connectivity index (χ0v) is 16.8. The molecule has 2 heterocycles. The highest BCUT2D eigenvalue weighted by Gasteiger charge is 2.34. The number of piperidine rings is 1. The number of hydrogen-bond donors (Lipinski definition) is 3. The van der Waals surface area contributed by atoms with Crippen molar-refractivity contribution in [2.45, 2.75) is 56.9 Å². The number of rotatable bonds is 4. The fourth-order valence-corrected chi connectivity index (χ4v) is 4.32. The predicted molar refractivity (Wildman–Crippen MR) is 108 cm³/mol. The number of halogens is 3. The van der Waals surface area contributed by atoms with E-state index >= 15 is 0 Å². The zero-order chi connectivity index (χ0) is 21.5. The Morgan fingerprint density at radius 1 is 1.20 bits per heavy atom. The number of phenols is 1. The number of nitrogens with one attached hydrogen (secondary N) is 1. The normalized spacial score (nSPS) is 25.0. The summed E-state index contributed by atoms with van der Waals surface area (Å²) in [6, 6.07) is 5.85. The van der Waals surface area contributed by atoms with Crippen LogP contribution in [0.4, 0.5) is 19.0 Å².